The Morgan fingerprint density at radius 3 is 2.12 bits per heavy atom. The molecule has 1 N–H and O–H groups in total. The van der Waals surface area contributed by atoms with Crippen molar-refractivity contribution < 1.29 is 13.2 Å². The third kappa shape index (κ3) is 4.94. The topological polar surface area (TPSA) is 73.0 Å². The van der Waals surface area contributed by atoms with Gasteiger partial charge in [-0.15, -0.1) is 0 Å². The molecule has 0 radical (unpaired) electrons. The van der Waals surface area contributed by atoms with Crippen molar-refractivity contribution in [3.8, 4) is 0 Å². The van der Waals surface area contributed by atoms with E-state index in [1.807, 2.05) is 4.31 Å². The number of nitrogens with zero attached hydrogens (tertiary/aromatic N) is 3. The fourth-order valence-electron chi connectivity index (χ4n) is 7.62. The number of nitrogens with one attached hydrogen (secondary N) is 1. The lowest BCUT2D eigenvalue weighted by Gasteiger charge is -2.43. The van der Waals surface area contributed by atoms with Crippen molar-refractivity contribution in [1.82, 2.24) is 19.6 Å². The molecule has 4 unspecified atom stereocenters. The first-order valence-electron chi connectivity index (χ1n) is 14.1. The second-order valence-electron chi connectivity index (χ2n) is 12.0. The Balaban J connectivity index is 1.18. The van der Waals surface area contributed by atoms with E-state index in [4.69, 9.17) is 0 Å². The molecule has 1 amide bonds. The molecule has 4 atom stereocenters. The Labute approximate surface area is 207 Å². The highest BCUT2D eigenvalue weighted by Gasteiger charge is 2.49. The molecule has 5 aliphatic rings. The fourth-order valence-corrected chi connectivity index (χ4v) is 9.69. The highest BCUT2D eigenvalue weighted by Crippen LogP contribution is 2.41. The summed E-state index contributed by atoms with van der Waals surface area (Å²) in [7, 11) is -3.13. The first-order valence-corrected chi connectivity index (χ1v) is 15.7. The monoisotopic (exact) mass is 494 g/mol. The Kier molecular flexibility index (Phi) is 7.60. The molecule has 0 aromatic heterocycles. The van der Waals surface area contributed by atoms with Gasteiger partial charge in [0, 0.05) is 44.8 Å². The van der Waals surface area contributed by atoms with Gasteiger partial charge >= 0.3 is 0 Å². The minimum Gasteiger partial charge on any atom is -0.342 e. The molecule has 5 rings (SSSR count). The van der Waals surface area contributed by atoms with Crippen LogP contribution in [0, 0.1) is 23.7 Å². The molecule has 4 saturated heterocycles. The number of piperidine rings is 3. The molecule has 4 heterocycles. The van der Waals surface area contributed by atoms with Crippen molar-refractivity contribution in [3.05, 3.63) is 0 Å². The SMILES string of the molecule is CC1CCN(C(=O)C2C(C)NN3CCC(C4CCN(S(=O)(=O)C5CCCCC5)CC4)CC23)CC1. The summed E-state index contributed by atoms with van der Waals surface area (Å²) in [5.74, 6) is 2.31. The Morgan fingerprint density at radius 2 is 1.44 bits per heavy atom. The first kappa shape index (κ1) is 25.0. The quantitative estimate of drug-likeness (QED) is 0.650. The first-order chi connectivity index (χ1) is 16.3. The highest BCUT2D eigenvalue weighted by atomic mass is 32.2. The number of fused-ring (bicyclic) bond motifs is 1. The molecule has 4 aliphatic heterocycles. The van der Waals surface area contributed by atoms with Gasteiger partial charge in [-0.25, -0.2) is 17.7 Å². The summed E-state index contributed by atoms with van der Waals surface area (Å²) in [5, 5.41) is 2.22. The van der Waals surface area contributed by atoms with Crippen LogP contribution in [0.4, 0.5) is 0 Å². The molecule has 34 heavy (non-hydrogen) atoms. The number of amides is 1. The molecule has 0 bridgehead atoms. The number of hydrogen-bond donors (Lipinski definition) is 1. The van der Waals surface area contributed by atoms with Gasteiger partial charge in [-0.05, 0) is 76.0 Å². The number of sulfonamides is 1. The normalized spacial score (nSPS) is 36.0. The molecule has 5 fully saturated rings. The van der Waals surface area contributed by atoms with Crippen LogP contribution in [0.5, 0.6) is 0 Å². The highest BCUT2D eigenvalue weighted by molar-refractivity contribution is 7.89. The number of likely N-dealkylation sites (tertiary alicyclic amines) is 1. The Morgan fingerprint density at radius 1 is 0.794 bits per heavy atom. The maximum atomic E-state index is 13.5. The minimum atomic E-state index is -3.13. The van der Waals surface area contributed by atoms with E-state index in [0.29, 0.717) is 30.8 Å². The third-order valence-electron chi connectivity index (χ3n) is 9.89. The average Bonchev–Trinajstić information content (AvgIpc) is 3.19. The molecule has 0 aromatic rings. The smallest absolute Gasteiger partial charge is 0.228 e. The van der Waals surface area contributed by atoms with E-state index >= 15 is 0 Å². The van der Waals surface area contributed by atoms with Crippen LogP contribution in [0.15, 0.2) is 0 Å². The molecule has 0 spiro atoms. The molecular formula is C26H46N4O3S. The zero-order valence-corrected chi connectivity index (χ0v) is 22.1. The lowest BCUT2D eigenvalue weighted by molar-refractivity contribution is -0.138. The predicted octanol–water partition coefficient (Wildman–Crippen LogP) is 3.22. The van der Waals surface area contributed by atoms with Gasteiger partial charge in [-0.1, -0.05) is 26.2 Å². The van der Waals surface area contributed by atoms with Crippen molar-refractivity contribution in [3.63, 3.8) is 0 Å². The molecule has 7 nitrogen and oxygen atoms in total. The lowest BCUT2D eigenvalue weighted by Crippen LogP contribution is -2.51. The van der Waals surface area contributed by atoms with Crippen molar-refractivity contribution in [2.24, 2.45) is 23.7 Å². The molecular weight excluding hydrogens is 448 g/mol. The van der Waals surface area contributed by atoms with Crippen LogP contribution in [0.2, 0.25) is 0 Å². The van der Waals surface area contributed by atoms with Crippen LogP contribution in [0.1, 0.15) is 84.5 Å². The van der Waals surface area contributed by atoms with E-state index in [2.05, 4.69) is 29.2 Å². The second-order valence-corrected chi connectivity index (χ2v) is 14.3. The fraction of sp³-hybridized carbons (Fsp3) is 0.962. The van der Waals surface area contributed by atoms with Gasteiger partial charge in [0.25, 0.3) is 0 Å². The van der Waals surface area contributed by atoms with Crippen LogP contribution in [-0.4, -0.2) is 78.6 Å². The Bertz CT molecular complexity index is 814. The second kappa shape index (κ2) is 10.3. The predicted molar refractivity (Wildman–Crippen MR) is 134 cm³/mol. The molecule has 1 aliphatic carbocycles. The molecule has 1 saturated carbocycles. The summed E-state index contributed by atoms with van der Waals surface area (Å²) in [4.78, 5) is 15.7. The third-order valence-corrected chi connectivity index (χ3v) is 12.3. The number of carbonyl (C=O) groups excluding carboxylic acids is 1. The van der Waals surface area contributed by atoms with E-state index in [9.17, 15) is 13.2 Å². The average molecular weight is 495 g/mol. The van der Waals surface area contributed by atoms with Crippen LogP contribution < -0.4 is 5.43 Å². The van der Waals surface area contributed by atoms with Crippen molar-refractivity contribution >= 4 is 15.9 Å². The van der Waals surface area contributed by atoms with E-state index in [1.54, 1.807) is 0 Å². The van der Waals surface area contributed by atoms with E-state index < -0.39 is 10.0 Å². The van der Waals surface area contributed by atoms with Gasteiger partial charge in [0.1, 0.15) is 0 Å². The van der Waals surface area contributed by atoms with Crippen LogP contribution in [0.3, 0.4) is 0 Å². The largest absolute Gasteiger partial charge is 0.342 e. The summed E-state index contributed by atoms with van der Waals surface area (Å²) in [6.45, 7) is 8.67. The zero-order valence-electron chi connectivity index (χ0n) is 21.3. The summed E-state index contributed by atoms with van der Waals surface area (Å²) in [6, 6.07) is 0.475. The van der Waals surface area contributed by atoms with Gasteiger partial charge in [-0.3, -0.25) is 10.2 Å². The van der Waals surface area contributed by atoms with Gasteiger partial charge < -0.3 is 4.90 Å². The van der Waals surface area contributed by atoms with Crippen LogP contribution >= 0.6 is 0 Å². The Hall–Kier alpha value is -0.700. The lowest BCUT2D eigenvalue weighted by atomic mass is 9.74. The maximum absolute atomic E-state index is 13.5. The summed E-state index contributed by atoms with van der Waals surface area (Å²) >= 11 is 0. The van der Waals surface area contributed by atoms with Crippen molar-refractivity contribution in [1.29, 1.82) is 0 Å². The van der Waals surface area contributed by atoms with E-state index in [-0.39, 0.29) is 23.3 Å². The molecule has 0 aromatic carbocycles. The molecule has 8 heteroatoms. The van der Waals surface area contributed by atoms with Crippen LogP contribution in [0.25, 0.3) is 0 Å². The van der Waals surface area contributed by atoms with Crippen molar-refractivity contribution in [2.45, 2.75) is 102 Å². The zero-order chi connectivity index (χ0) is 23.9. The van der Waals surface area contributed by atoms with Crippen LogP contribution in [-0.2, 0) is 14.8 Å². The number of hydrogen-bond acceptors (Lipinski definition) is 5. The van der Waals surface area contributed by atoms with Gasteiger partial charge in [0.15, 0.2) is 0 Å². The van der Waals surface area contributed by atoms with Gasteiger partial charge in [0.2, 0.25) is 15.9 Å². The summed E-state index contributed by atoms with van der Waals surface area (Å²) in [6.07, 6.45) is 11.4. The number of hydrazine groups is 1. The van der Waals surface area contributed by atoms with Gasteiger partial charge in [0.05, 0.1) is 11.2 Å². The summed E-state index contributed by atoms with van der Waals surface area (Å²) in [5.41, 5.74) is 3.62. The standard InChI is InChI=1S/C26H46N4O3S/c1-19-8-13-28(14-9-19)26(31)25-20(2)27-30-17-12-22(18-24(25)30)21-10-15-29(16-11-21)34(32,33)23-6-4-3-5-7-23/h19-25,27H,3-18H2,1-2H3. The molecule has 194 valence electrons. The van der Waals surface area contributed by atoms with E-state index in [1.165, 1.54) is 6.42 Å². The number of carbonyl (C=O) groups is 1. The maximum Gasteiger partial charge on any atom is 0.228 e. The minimum absolute atomic E-state index is 0.0444. The van der Waals surface area contributed by atoms with E-state index in [0.717, 1.165) is 89.8 Å². The van der Waals surface area contributed by atoms with Gasteiger partial charge in [-0.2, -0.15) is 0 Å². The van der Waals surface area contributed by atoms with Crippen molar-refractivity contribution in [2.75, 3.05) is 32.7 Å². The summed E-state index contributed by atoms with van der Waals surface area (Å²) < 4.78 is 28.2. The number of rotatable bonds is 4.